The first-order chi connectivity index (χ1) is 13.9. The van der Waals surface area contributed by atoms with Crippen LogP contribution in [0.15, 0.2) is 46.5 Å². The molecule has 158 valence electrons. The predicted octanol–water partition coefficient (Wildman–Crippen LogP) is 1.17. The van der Waals surface area contributed by atoms with Crippen molar-refractivity contribution in [1.82, 2.24) is 20.4 Å². The number of nitrogens with zero attached hydrogens (tertiary/aromatic N) is 4. The summed E-state index contributed by atoms with van der Waals surface area (Å²) in [7, 11) is -0.174. The fourth-order valence-electron chi connectivity index (χ4n) is 3.40. The van der Waals surface area contributed by atoms with E-state index in [1.807, 2.05) is 19.4 Å². The third-order valence-corrected chi connectivity index (χ3v) is 6.62. The number of sulfone groups is 1. The van der Waals surface area contributed by atoms with Crippen LogP contribution in [0.4, 0.5) is 10.1 Å². The molecule has 2 aromatic rings. The van der Waals surface area contributed by atoms with Crippen molar-refractivity contribution in [3.05, 3.63) is 42.5 Å². The molecule has 1 atom stereocenters. The normalized spacial score (nSPS) is 18.0. The van der Waals surface area contributed by atoms with Crippen LogP contribution in [0.25, 0.3) is 0 Å². The van der Waals surface area contributed by atoms with E-state index in [2.05, 4.69) is 25.6 Å². The second-order valence-electron chi connectivity index (χ2n) is 7.05. The number of piperidine rings is 1. The molecule has 1 aromatic carbocycles. The van der Waals surface area contributed by atoms with Crippen molar-refractivity contribution < 1.29 is 12.8 Å². The van der Waals surface area contributed by atoms with E-state index in [1.165, 1.54) is 18.2 Å². The van der Waals surface area contributed by atoms with Gasteiger partial charge >= 0.3 is 0 Å². The van der Waals surface area contributed by atoms with E-state index >= 15 is 0 Å². The van der Waals surface area contributed by atoms with Crippen LogP contribution in [0.2, 0.25) is 0 Å². The Labute approximate surface area is 170 Å². The van der Waals surface area contributed by atoms with Crippen molar-refractivity contribution in [2.24, 2.45) is 12.0 Å². The third kappa shape index (κ3) is 5.47. The average Bonchev–Trinajstić information content (AvgIpc) is 3.14. The molecule has 1 fully saturated rings. The molecule has 0 bridgehead atoms. The molecule has 0 aliphatic carbocycles. The van der Waals surface area contributed by atoms with Crippen LogP contribution in [-0.2, 0) is 16.9 Å². The Kier molecular flexibility index (Phi) is 6.73. The summed E-state index contributed by atoms with van der Waals surface area (Å²) in [5, 5.41) is 10.6. The summed E-state index contributed by atoms with van der Waals surface area (Å²) in [4.78, 5) is 6.18. The summed E-state index contributed by atoms with van der Waals surface area (Å²) in [6.45, 7) is 1.91. The summed E-state index contributed by atoms with van der Waals surface area (Å²) in [6.07, 6.45) is 5.86. The summed E-state index contributed by atoms with van der Waals surface area (Å²) < 4.78 is 40.3. The van der Waals surface area contributed by atoms with Gasteiger partial charge in [0.15, 0.2) is 15.8 Å². The lowest BCUT2D eigenvalue weighted by Crippen LogP contribution is -2.51. The van der Waals surface area contributed by atoms with E-state index in [1.54, 1.807) is 11.7 Å². The van der Waals surface area contributed by atoms with E-state index in [0.29, 0.717) is 5.96 Å². The van der Waals surface area contributed by atoms with Crippen molar-refractivity contribution in [3.63, 3.8) is 0 Å². The average molecular weight is 423 g/mol. The Morgan fingerprint density at radius 1 is 1.38 bits per heavy atom. The van der Waals surface area contributed by atoms with E-state index in [9.17, 15) is 12.8 Å². The summed E-state index contributed by atoms with van der Waals surface area (Å²) in [5.74, 6) is -0.416. The number of halogens is 1. The van der Waals surface area contributed by atoms with Gasteiger partial charge in [-0.2, -0.15) is 5.10 Å². The quantitative estimate of drug-likeness (QED) is 0.536. The van der Waals surface area contributed by atoms with Crippen LogP contribution >= 0.6 is 0 Å². The Morgan fingerprint density at radius 2 is 2.17 bits per heavy atom. The SMILES string of the molecule is CN=C(NCCS(=O)(=O)c1ccccc1F)NC1CCCN(c2cnn(C)c2)C1. The van der Waals surface area contributed by atoms with Gasteiger partial charge in [-0.3, -0.25) is 9.67 Å². The first-order valence-electron chi connectivity index (χ1n) is 9.57. The zero-order valence-electron chi connectivity index (χ0n) is 16.7. The lowest BCUT2D eigenvalue weighted by Gasteiger charge is -2.34. The highest BCUT2D eigenvalue weighted by Crippen LogP contribution is 2.19. The molecule has 3 rings (SSSR count). The number of nitrogens with one attached hydrogen (secondary N) is 2. The van der Waals surface area contributed by atoms with Gasteiger partial charge in [0.1, 0.15) is 10.7 Å². The highest BCUT2D eigenvalue weighted by atomic mass is 32.2. The number of aryl methyl sites for hydroxylation is 1. The maximum Gasteiger partial charge on any atom is 0.191 e. The standard InChI is InChI=1S/C19H27FN6O2S/c1-21-19(22-9-11-29(27,28)18-8-4-3-7-17(18)20)24-15-6-5-10-26(13-15)16-12-23-25(2)14-16/h3-4,7-8,12,14-15H,5-6,9-11,13H2,1-2H3,(H2,21,22,24). The molecule has 8 nitrogen and oxygen atoms in total. The molecule has 1 saturated heterocycles. The van der Waals surface area contributed by atoms with Gasteiger partial charge in [0.25, 0.3) is 0 Å². The van der Waals surface area contributed by atoms with Crippen molar-refractivity contribution in [2.45, 2.75) is 23.8 Å². The number of guanidine groups is 1. The zero-order chi connectivity index (χ0) is 20.9. The van der Waals surface area contributed by atoms with E-state index in [-0.39, 0.29) is 23.2 Å². The van der Waals surface area contributed by atoms with Crippen molar-refractivity contribution in [2.75, 3.05) is 37.3 Å². The molecular formula is C19H27FN6O2S. The summed E-state index contributed by atoms with van der Waals surface area (Å²) >= 11 is 0. The van der Waals surface area contributed by atoms with Gasteiger partial charge in [-0.05, 0) is 25.0 Å². The van der Waals surface area contributed by atoms with Gasteiger partial charge in [0, 0.05) is 46.0 Å². The maximum absolute atomic E-state index is 13.8. The Bertz CT molecular complexity index is 959. The van der Waals surface area contributed by atoms with Gasteiger partial charge in [-0.15, -0.1) is 0 Å². The molecule has 29 heavy (non-hydrogen) atoms. The molecule has 1 aliphatic rings. The fraction of sp³-hybridized carbons (Fsp3) is 0.474. The van der Waals surface area contributed by atoms with Gasteiger partial charge in [-0.25, -0.2) is 12.8 Å². The van der Waals surface area contributed by atoms with E-state index in [4.69, 9.17) is 0 Å². The van der Waals surface area contributed by atoms with E-state index in [0.717, 1.165) is 37.7 Å². The number of benzene rings is 1. The van der Waals surface area contributed by atoms with Gasteiger partial charge < -0.3 is 15.5 Å². The minimum Gasteiger partial charge on any atom is -0.367 e. The number of hydrogen-bond donors (Lipinski definition) is 2. The van der Waals surface area contributed by atoms with Crippen LogP contribution in [0, 0.1) is 5.82 Å². The molecule has 2 N–H and O–H groups in total. The second-order valence-corrected chi connectivity index (χ2v) is 9.13. The highest BCUT2D eigenvalue weighted by Gasteiger charge is 2.22. The highest BCUT2D eigenvalue weighted by molar-refractivity contribution is 7.91. The van der Waals surface area contributed by atoms with Crippen LogP contribution in [0.5, 0.6) is 0 Å². The molecule has 10 heteroatoms. The lowest BCUT2D eigenvalue weighted by atomic mass is 10.1. The van der Waals surface area contributed by atoms with Crippen LogP contribution in [-0.4, -0.2) is 62.6 Å². The molecule has 0 spiro atoms. The molecule has 1 aliphatic heterocycles. The minimum atomic E-state index is -3.71. The zero-order valence-corrected chi connectivity index (χ0v) is 17.5. The number of aliphatic imine (C=N–C) groups is 1. The smallest absolute Gasteiger partial charge is 0.191 e. The topological polar surface area (TPSA) is 91.6 Å². The first kappa shape index (κ1) is 21.1. The molecule has 0 amide bonds. The minimum absolute atomic E-state index is 0.134. The third-order valence-electron chi connectivity index (χ3n) is 4.88. The number of rotatable bonds is 6. The van der Waals surface area contributed by atoms with Crippen molar-refractivity contribution in [1.29, 1.82) is 0 Å². The van der Waals surface area contributed by atoms with Crippen LogP contribution in [0.3, 0.4) is 0 Å². The second kappa shape index (κ2) is 9.25. The van der Waals surface area contributed by atoms with Gasteiger partial charge in [0.05, 0.1) is 17.6 Å². The molecule has 0 saturated carbocycles. The molecule has 1 unspecified atom stereocenters. The first-order valence-corrected chi connectivity index (χ1v) is 11.2. The van der Waals surface area contributed by atoms with Gasteiger partial charge in [-0.1, -0.05) is 12.1 Å². The Balaban J connectivity index is 1.52. The Morgan fingerprint density at radius 3 is 2.86 bits per heavy atom. The molecule has 0 radical (unpaired) electrons. The monoisotopic (exact) mass is 422 g/mol. The number of hydrogen-bond acceptors (Lipinski definition) is 5. The lowest BCUT2D eigenvalue weighted by molar-refractivity contribution is 0.468. The van der Waals surface area contributed by atoms with E-state index < -0.39 is 15.7 Å². The maximum atomic E-state index is 13.8. The summed E-state index contributed by atoms with van der Waals surface area (Å²) in [6, 6.07) is 5.60. The predicted molar refractivity (Wildman–Crippen MR) is 111 cm³/mol. The molecule has 2 heterocycles. The van der Waals surface area contributed by atoms with Crippen LogP contribution < -0.4 is 15.5 Å². The van der Waals surface area contributed by atoms with Crippen molar-refractivity contribution in [3.8, 4) is 0 Å². The number of anilines is 1. The molecular weight excluding hydrogens is 395 g/mol. The number of aromatic nitrogens is 2. The van der Waals surface area contributed by atoms with Crippen molar-refractivity contribution >= 4 is 21.5 Å². The molecule has 1 aromatic heterocycles. The Hall–Kier alpha value is -2.62. The summed E-state index contributed by atoms with van der Waals surface area (Å²) in [5.41, 5.74) is 1.08. The largest absolute Gasteiger partial charge is 0.367 e. The van der Waals surface area contributed by atoms with Gasteiger partial charge in [0.2, 0.25) is 0 Å². The fourth-order valence-corrected chi connectivity index (χ4v) is 4.64. The van der Waals surface area contributed by atoms with Crippen LogP contribution in [0.1, 0.15) is 12.8 Å².